The monoisotopic (exact) mass is 348 g/mol. The smallest absolute Gasteiger partial charge is 0.226 e. The second-order valence-electron chi connectivity index (χ2n) is 7.59. The SMILES string of the molecule is NC1CCOC2(C1)CC(C(=O)N1CCOC(c3cccc(F)c3)C1)C2. The minimum absolute atomic E-state index is 0.0107. The van der Waals surface area contributed by atoms with Gasteiger partial charge in [0.1, 0.15) is 11.9 Å². The molecule has 2 unspecified atom stereocenters. The molecule has 4 rings (SSSR count). The fourth-order valence-corrected chi connectivity index (χ4v) is 4.38. The number of nitrogens with two attached hydrogens (primary N) is 1. The standard InChI is InChI=1S/C19H25FN2O3/c20-15-3-1-2-13(8-15)17-12-22(5-7-24-17)18(23)14-9-19(10-14)11-16(21)4-6-25-19/h1-3,8,14,16-17H,4-7,9-12,21H2. The van der Waals surface area contributed by atoms with Gasteiger partial charge in [-0.05, 0) is 43.4 Å². The predicted octanol–water partition coefficient (Wildman–Crippen LogP) is 2.01. The van der Waals surface area contributed by atoms with Crippen molar-refractivity contribution in [3.8, 4) is 0 Å². The van der Waals surface area contributed by atoms with Crippen LogP contribution in [-0.4, -0.2) is 48.8 Å². The van der Waals surface area contributed by atoms with E-state index in [1.165, 1.54) is 12.1 Å². The third-order valence-corrected chi connectivity index (χ3v) is 5.72. The molecular formula is C19H25FN2O3. The number of amides is 1. The molecule has 2 heterocycles. The highest BCUT2D eigenvalue weighted by molar-refractivity contribution is 5.80. The number of nitrogens with zero attached hydrogens (tertiary/aromatic N) is 1. The molecule has 0 radical (unpaired) electrons. The van der Waals surface area contributed by atoms with E-state index in [4.69, 9.17) is 15.2 Å². The first-order chi connectivity index (χ1) is 12.0. The molecule has 1 saturated carbocycles. The lowest BCUT2D eigenvalue weighted by molar-refractivity contribution is -0.179. The first kappa shape index (κ1) is 16.9. The van der Waals surface area contributed by atoms with E-state index >= 15 is 0 Å². The Labute approximate surface area is 147 Å². The summed E-state index contributed by atoms with van der Waals surface area (Å²) in [6.07, 6.45) is 3.02. The van der Waals surface area contributed by atoms with E-state index < -0.39 is 0 Å². The molecule has 0 bridgehead atoms. The van der Waals surface area contributed by atoms with Gasteiger partial charge < -0.3 is 20.1 Å². The average molecular weight is 348 g/mol. The molecule has 1 aromatic rings. The highest BCUT2D eigenvalue weighted by Crippen LogP contribution is 2.47. The largest absolute Gasteiger partial charge is 0.375 e. The molecule has 3 aliphatic rings. The lowest BCUT2D eigenvalue weighted by Crippen LogP contribution is -2.58. The zero-order valence-corrected chi connectivity index (χ0v) is 14.3. The Bertz CT molecular complexity index is 647. The Morgan fingerprint density at radius 2 is 2.12 bits per heavy atom. The van der Waals surface area contributed by atoms with Crippen LogP contribution in [0.1, 0.15) is 37.4 Å². The molecule has 1 aromatic carbocycles. The molecule has 2 aliphatic heterocycles. The van der Waals surface area contributed by atoms with Gasteiger partial charge in [-0.3, -0.25) is 4.79 Å². The molecule has 136 valence electrons. The fourth-order valence-electron chi connectivity index (χ4n) is 4.38. The van der Waals surface area contributed by atoms with Gasteiger partial charge in [0.05, 0.1) is 18.8 Å². The lowest BCUT2D eigenvalue weighted by atomic mass is 9.66. The van der Waals surface area contributed by atoms with Crippen LogP contribution in [0.25, 0.3) is 0 Å². The van der Waals surface area contributed by atoms with Gasteiger partial charge in [-0.15, -0.1) is 0 Å². The van der Waals surface area contributed by atoms with Crippen LogP contribution in [0.4, 0.5) is 4.39 Å². The van der Waals surface area contributed by atoms with E-state index in [0.717, 1.165) is 31.2 Å². The summed E-state index contributed by atoms with van der Waals surface area (Å²) in [5.74, 6) is -0.106. The van der Waals surface area contributed by atoms with Crippen molar-refractivity contribution in [2.45, 2.75) is 43.4 Å². The fraction of sp³-hybridized carbons (Fsp3) is 0.632. The molecule has 2 N–H and O–H groups in total. The van der Waals surface area contributed by atoms with Crippen molar-refractivity contribution in [1.82, 2.24) is 4.90 Å². The first-order valence-corrected chi connectivity index (χ1v) is 9.10. The maximum absolute atomic E-state index is 13.4. The normalized spacial score (nSPS) is 35.4. The second kappa shape index (κ2) is 6.67. The van der Waals surface area contributed by atoms with E-state index in [0.29, 0.717) is 26.3 Å². The predicted molar refractivity (Wildman–Crippen MR) is 90.3 cm³/mol. The number of morpholine rings is 1. The van der Waals surface area contributed by atoms with Crippen LogP contribution in [0.5, 0.6) is 0 Å². The Morgan fingerprint density at radius 1 is 1.28 bits per heavy atom. The van der Waals surface area contributed by atoms with Gasteiger partial charge in [-0.25, -0.2) is 4.39 Å². The highest BCUT2D eigenvalue weighted by Gasteiger charge is 2.51. The van der Waals surface area contributed by atoms with Crippen molar-refractivity contribution in [2.75, 3.05) is 26.3 Å². The first-order valence-electron chi connectivity index (χ1n) is 9.10. The number of benzene rings is 1. The van der Waals surface area contributed by atoms with Crippen LogP contribution in [0.3, 0.4) is 0 Å². The molecule has 0 aromatic heterocycles. The molecule has 1 amide bonds. The van der Waals surface area contributed by atoms with Crippen molar-refractivity contribution >= 4 is 5.91 Å². The minimum atomic E-state index is -0.281. The highest BCUT2D eigenvalue weighted by atomic mass is 19.1. The van der Waals surface area contributed by atoms with Crippen molar-refractivity contribution in [3.63, 3.8) is 0 Å². The summed E-state index contributed by atoms with van der Waals surface area (Å²) >= 11 is 0. The molecule has 1 aliphatic carbocycles. The van der Waals surface area contributed by atoms with Crippen molar-refractivity contribution in [3.05, 3.63) is 35.6 Å². The Hall–Kier alpha value is -1.50. The number of hydrogen-bond acceptors (Lipinski definition) is 4. The summed E-state index contributed by atoms with van der Waals surface area (Å²) in [6, 6.07) is 6.60. The van der Waals surface area contributed by atoms with Gasteiger partial charge in [-0.2, -0.15) is 0 Å². The number of ether oxygens (including phenoxy) is 2. The maximum atomic E-state index is 13.4. The minimum Gasteiger partial charge on any atom is -0.375 e. The Balaban J connectivity index is 1.36. The number of hydrogen-bond donors (Lipinski definition) is 1. The molecule has 2 saturated heterocycles. The van der Waals surface area contributed by atoms with E-state index in [-0.39, 0.29) is 35.4 Å². The van der Waals surface area contributed by atoms with Crippen LogP contribution < -0.4 is 5.73 Å². The Morgan fingerprint density at radius 3 is 2.88 bits per heavy atom. The average Bonchev–Trinajstić information content (AvgIpc) is 2.59. The molecule has 25 heavy (non-hydrogen) atoms. The van der Waals surface area contributed by atoms with E-state index in [1.807, 2.05) is 11.0 Å². The van der Waals surface area contributed by atoms with Gasteiger partial charge in [0.15, 0.2) is 0 Å². The number of carbonyl (C=O) groups excluding carboxylic acids is 1. The van der Waals surface area contributed by atoms with Crippen LogP contribution >= 0.6 is 0 Å². The molecule has 1 spiro atoms. The molecule has 5 nitrogen and oxygen atoms in total. The van der Waals surface area contributed by atoms with Crippen molar-refractivity contribution < 1.29 is 18.7 Å². The van der Waals surface area contributed by atoms with Crippen molar-refractivity contribution in [1.29, 1.82) is 0 Å². The van der Waals surface area contributed by atoms with Crippen LogP contribution in [0.2, 0.25) is 0 Å². The van der Waals surface area contributed by atoms with Crippen LogP contribution in [0, 0.1) is 11.7 Å². The number of rotatable bonds is 2. The van der Waals surface area contributed by atoms with Gasteiger partial charge in [0.2, 0.25) is 5.91 Å². The third-order valence-electron chi connectivity index (χ3n) is 5.72. The number of carbonyl (C=O) groups is 1. The zero-order chi connectivity index (χ0) is 17.4. The molecule has 3 fully saturated rings. The quantitative estimate of drug-likeness (QED) is 0.888. The summed E-state index contributed by atoms with van der Waals surface area (Å²) in [5, 5.41) is 0. The van der Waals surface area contributed by atoms with Gasteiger partial charge in [0.25, 0.3) is 0 Å². The lowest BCUT2D eigenvalue weighted by Gasteiger charge is -2.51. The van der Waals surface area contributed by atoms with Gasteiger partial charge in [-0.1, -0.05) is 12.1 Å². The number of halogens is 1. The molecular weight excluding hydrogens is 323 g/mol. The van der Waals surface area contributed by atoms with Crippen molar-refractivity contribution in [2.24, 2.45) is 11.7 Å². The Kier molecular flexibility index (Phi) is 4.52. The van der Waals surface area contributed by atoms with E-state index in [1.54, 1.807) is 6.07 Å². The summed E-state index contributed by atoms with van der Waals surface area (Å²) in [4.78, 5) is 14.7. The molecule has 2 atom stereocenters. The van der Waals surface area contributed by atoms with E-state index in [9.17, 15) is 9.18 Å². The van der Waals surface area contributed by atoms with Crippen LogP contribution in [0.15, 0.2) is 24.3 Å². The van der Waals surface area contributed by atoms with E-state index in [2.05, 4.69) is 0 Å². The third kappa shape index (κ3) is 3.43. The molecule has 6 heteroatoms. The summed E-state index contributed by atoms with van der Waals surface area (Å²) in [7, 11) is 0. The zero-order valence-electron chi connectivity index (χ0n) is 14.3. The van der Waals surface area contributed by atoms with Gasteiger partial charge in [0, 0.05) is 25.1 Å². The summed E-state index contributed by atoms with van der Waals surface area (Å²) in [5.41, 5.74) is 6.66. The topological polar surface area (TPSA) is 64.8 Å². The van der Waals surface area contributed by atoms with Crippen LogP contribution in [-0.2, 0) is 14.3 Å². The summed E-state index contributed by atoms with van der Waals surface area (Å²) < 4.78 is 25.1. The summed E-state index contributed by atoms with van der Waals surface area (Å²) in [6.45, 7) is 2.24. The maximum Gasteiger partial charge on any atom is 0.226 e. The van der Waals surface area contributed by atoms with Gasteiger partial charge >= 0.3 is 0 Å². The second-order valence-corrected chi connectivity index (χ2v) is 7.59.